The molecule has 0 bridgehead atoms. The molecule has 1 aliphatic heterocycles. The van der Waals surface area contributed by atoms with Gasteiger partial charge < -0.3 is 0 Å². The maximum Gasteiger partial charge on any atom is 0.0215 e. The molecular formula is C13H23N. The summed E-state index contributed by atoms with van der Waals surface area (Å²) in [6, 6.07) is 1.01. The lowest BCUT2D eigenvalue weighted by atomic mass is 9.66. The van der Waals surface area contributed by atoms with Crippen molar-refractivity contribution in [2.45, 2.75) is 69.9 Å². The van der Waals surface area contributed by atoms with Crippen molar-refractivity contribution in [1.82, 2.24) is 4.90 Å². The van der Waals surface area contributed by atoms with Gasteiger partial charge in [0.25, 0.3) is 0 Å². The van der Waals surface area contributed by atoms with Crippen LogP contribution in [0.2, 0.25) is 0 Å². The molecule has 1 spiro atoms. The van der Waals surface area contributed by atoms with Gasteiger partial charge in [-0.3, -0.25) is 4.90 Å². The van der Waals surface area contributed by atoms with Gasteiger partial charge in [0, 0.05) is 11.6 Å². The topological polar surface area (TPSA) is 3.24 Å². The Bertz CT molecular complexity index is 215. The highest BCUT2D eigenvalue weighted by Crippen LogP contribution is 2.50. The first-order chi connectivity index (χ1) is 6.84. The minimum absolute atomic E-state index is 0.708. The number of nitrogens with zero attached hydrogens (tertiary/aromatic N) is 1. The van der Waals surface area contributed by atoms with E-state index in [1.165, 1.54) is 57.9 Å². The number of hydrogen-bond donors (Lipinski definition) is 0. The van der Waals surface area contributed by atoms with Crippen molar-refractivity contribution < 1.29 is 0 Å². The fourth-order valence-corrected chi connectivity index (χ4v) is 3.70. The first kappa shape index (κ1) is 9.21. The predicted molar refractivity (Wildman–Crippen MR) is 59.3 cm³/mol. The molecule has 3 fully saturated rings. The summed E-state index contributed by atoms with van der Waals surface area (Å²) in [5, 5.41) is 0. The lowest BCUT2D eigenvalue weighted by Crippen LogP contribution is -2.58. The van der Waals surface area contributed by atoms with E-state index >= 15 is 0 Å². The third-order valence-electron chi connectivity index (χ3n) is 4.91. The fraction of sp³-hybridized carbons (Fsp3) is 1.00. The van der Waals surface area contributed by atoms with Crippen LogP contribution in [0.1, 0.15) is 58.3 Å². The van der Waals surface area contributed by atoms with Crippen LogP contribution in [0, 0.1) is 5.92 Å². The average molecular weight is 193 g/mol. The highest BCUT2D eigenvalue weighted by molar-refractivity contribution is 5.06. The van der Waals surface area contributed by atoms with Crippen molar-refractivity contribution in [1.29, 1.82) is 0 Å². The molecule has 1 saturated heterocycles. The van der Waals surface area contributed by atoms with Crippen LogP contribution in [-0.4, -0.2) is 23.0 Å². The Morgan fingerprint density at radius 1 is 1.21 bits per heavy atom. The zero-order valence-corrected chi connectivity index (χ0v) is 9.47. The number of hydrogen-bond acceptors (Lipinski definition) is 1. The third kappa shape index (κ3) is 1.32. The third-order valence-corrected chi connectivity index (χ3v) is 4.91. The van der Waals surface area contributed by atoms with E-state index in [4.69, 9.17) is 0 Å². The minimum Gasteiger partial charge on any atom is -0.295 e. The molecule has 2 saturated carbocycles. The van der Waals surface area contributed by atoms with Gasteiger partial charge in [0.15, 0.2) is 0 Å². The molecule has 0 radical (unpaired) electrons. The maximum absolute atomic E-state index is 2.91. The molecule has 1 heteroatoms. The predicted octanol–water partition coefficient (Wildman–Crippen LogP) is 3.19. The highest BCUT2D eigenvalue weighted by Gasteiger charge is 2.50. The second kappa shape index (κ2) is 3.23. The van der Waals surface area contributed by atoms with Gasteiger partial charge in [-0.05, 0) is 57.4 Å². The summed E-state index contributed by atoms with van der Waals surface area (Å²) in [5.74, 6) is 1.05. The molecule has 80 valence electrons. The van der Waals surface area contributed by atoms with Gasteiger partial charge >= 0.3 is 0 Å². The monoisotopic (exact) mass is 193 g/mol. The zero-order valence-electron chi connectivity index (χ0n) is 9.47. The van der Waals surface area contributed by atoms with Crippen molar-refractivity contribution in [3.8, 4) is 0 Å². The second-order valence-electron chi connectivity index (χ2n) is 5.77. The molecule has 2 aliphatic carbocycles. The van der Waals surface area contributed by atoms with Crippen LogP contribution in [0.3, 0.4) is 0 Å². The molecule has 0 amide bonds. The van der Waals surface area contributed by atoms with E-state index in [0.29, 0.717) is 5.54 Å². The van der Waals surface area contributed by atoms with E-state index in [1.807, 2.05) is 0 Å². The standard InChI is InChI=1S/C13H23N/c1-2-11-6-9-14(12-4-5-12)13(10-11)7-3-8-13/h11-12H,2-10H2,1H3/t11-/m1/s1. The van der Waals surface area contributed by atoms with Crippen LogP contribution in [0.25, 0.3) is 0 Å². The molecule has 0 aromatic rings. The zero-order chi connectivity index (χ0) is 9.60. The Kier molecular flexibility index (Phi) is 2.12. The van der Waals surface area contributed by atoms with Gasteiger partial charge in [-0.15, -0.1) is 0 Å². The largest absolute Gasteiger partial charge is 0.295 e. The summed E-state index contributed by atoms with van der Waals surface area (Å²) in [6.45, 7) is 3.80. The van der Waals surface area contributed by atoms with E-state index in [-0.39, 0.29) is 0 Å². The van der Waals surface area contributed by atoms with Gasteiger partial charge in [0.2, 0.25) is 0 Å². The molecular weight excluding hydrogens is 170 g/mol. The molecule has 0 aromatic heterocycles. The van der Waals surface area contributed by atoms with E-state index in [9.17, 15) is 0 Å². The Hall–Kier alpha value is -0.0400. The van der Waals surface area contributed by atoms with Crippen LogP contribution >= 0.6 is 0 Å². The normalized spacial score (nSPS) is 37.1. The van der Waals surface area contributed by atoms with Crippen LogP contribution in [-0.2, 0) is 0 Å². The first-order valence-electron chi connectivity index (χ1n) is 6.61. The smallest absolute Gasteiger partial charge is 0.0215 e. The quantitative estimate of drug-likeness (QED) is 0.651. The SMILES string of the molecule is CC[C@@H]1CCN(C2CC2)C2(CCC2)C1. The molecule has 0 aromatic carbocycles. The summed E-state index contributed by atoms with van der Waals surface area (Å²) in [5.41, 5.74) is 0.708. The van der Waals surface area contributed by atoms with E-state index in [0.717, 1.165) is 12.0 Å². The summed E-state index contributed by atoms with van der Waals surface area (Å²) >= 11 is 0. The number of piperidine rings is 1. The minimum atomic E-state index is 0.708. The lowest BCUT2D eigenvalue weighted by Gasteiger charge is -2.55. The van der Waals surface area contributed by atoms with E-state index < -0.39 is 0 Å². The molecule has 1 atom stereocenters. The Labute approximate surface area is 87.9 Å². The van der Waals surface area contributed by atoms with E-state index in [1.54, 1.807) is 0 Å². The Morgan fingerprint density at radius 2 is 2.00 bits per heavy atom. The van der Waals surface area contributed by atoms with Crippen molar-refractivity contribution >= 4 is 0 Å². The summed E-state index contributed by atoms with van der Waals surface area (Å²) in [4.78, 5) is 2.91. The van der Waals surface area contributed by atoms with Crippen LogP contribution in [0.4, 0.5) is 0 Å². The molecule has 3 aliphatic rings. The molecule has 1 nitrogen and oxygen atoms in total. The van der Waals surface area contributed by atoms with Gasteiger partial charge in [0.05, 0.1) is 0 Å². The van der Waals surface area contributed by atoms with Crippen molar-refractivity contribution in [3.05, 3.63) is 0 Å². The van der Waals surface area contributed by atoms with Crippen LogP contribution < -0.4 is 0 Å². The van der Waals surface area contributed by atoms with Gasteiger partial charge in [0.1, 0.15) is 0 Å². The molecule has 3 rings (SSSR count). The summed E-state index contributed by atoms with van der Waals surface area (Å²) < 4.78 is 0. The summed E-state index contributed by atoms with van der Waals surface area (Å²) in [6.07, 6.45) is 12.0. The number of rotatable bonds is 2. The highest BCUT2D eigenvalue weighted by atomic mass is 15.3. The maximum atomic E-state index is 2.91. The first-order valence-corrected chi connectivity index (χ1v) is 6.61. The Morgan fingerprint density at radius 3 is 2.50 bits per heavy atom. The van der Waals surface area contributed by atoms with Gasteiger partial charge in [-0.2, -0.15) is 0 Å². The Balaban J connectivity index is 1.73. The fourth-order valence-electron chi connectivity index (χ4n) is 3.70. The molecule has 0 N–H and O–H groups in total. The average Bonchev–Trinajstić information content (AvgIpc) is 2.97. The van der Waals surface area contributed by atoms with Crippen LogP contribution in [0.5, 0.6) is 0 Å². The van der Waals surface area contributed by atoms with Gasteiger partial charge in [-0.25, -0.2) is 0 Å². The van der Waals surface area contributed by atoms with E-state index in [2.05, 4.69) is 11.8 Å². The van der Waals surface area contributed by atoms with Crippen molar-refractivity contribution in [2.75, 3.05) is 6.54 Å². The molecule has 1 heterocycles. The molecule has 0 unspecified atom stereocenters. The second-order valence-corrected chi connectivity index (χ2v) is 5.77. The van der Waals surface area contributed by atoms with Crippen molar-refractivity contribution in [2.24, 2.45) is 5.92 Å². The van der Waals surface area contributed by atoms with Crippen LogP contribution in [0.15, 0.2) is 0 Å². The lowest BCUT2D eigenvalue weighted by molar-refractivity contribution is -0.0442. The summed E-state index contributed by atoms with van der Waals surface area (Å²) in [7, 11) is 0. The van der Waals surface area contributed by atoms with Gasteiger partial charge in [-0.1, -0.05) is 13.3 Å². The molecule has 14 heavy (non-hydrogen) atoms. The number of likely N-dealkylation sites (tertiary alicyclic amines) is 1. The van der Waals surface area contributed by atoms with Crippen molar-refractivity contribution in [3.63, 3.8) is 0 Å².